The summed E-state index contributed by atoms with van der Waals surface area (Å²) in [5.74, 6) is -1.25. The molecule has 1 heterocycles. The molecule has 0 saturated carbocycles. The van der Waals surface area contributed by atoms with Gasteiger partial charge in [0.15, 0.2) is 0 Å². The van der Waals surface area contributed by atoms with Gasteiger partial charge in [-0.05, 0) is 17.7 Å². The van der Waals surface area contributed by atoms with Gasteiger partial charge in [0.1, 0.15) is 6.61 Å². The summed E-state index contributed by atoms with van der Waals surface area (Å²) in [5.41, 5.74) is 1.16. The van der Waals surface area contributed by atoms with E-state index in [-0.39, 0.29) is 18.2 Å². The number of carboxylic acid groups (broad SMARTS) is 1. The number of nitrogens with zero attached hydrogens (tertiary/aromatic N) is 3. The number of ether oxygens (including phenoxy) is 1. The summed E-state index contributed by atoms with van der Waals surface area (Å²) in [6.07, 6.45) is 0. The molecule has 2 N–H and O–H groups in total. The van der Waals surface area contributed by atoms with Crippen molar-refractivity contribution in [3.8, 4) is 11.9 Å². The lowest BCUT2D eigenvalue weighted by Gasteiger charge is -2.03. The van der Waals surface area contributed by atoms with E-state index < -0.39 is 5.97 Å². The number of nitriles is 1. The van der Waals surface area contributed by atoms with Crippen molar-refractivity contribution in [1.29, 1.82) is 5.26 Å². The van der Waals surface area contributed by atoms with Crippen LogP contribution in [0.1, 0.15) is 21.6 Å². The lowest BCUT2D eigenvalue weighted by molar-refractivity contribution is 0.0685. The van der Waals surface area contributed by atoms with Gasteiger partial charge in [0.2, 0.25) is 5.69 Å². The van der Waals surface area contributed by atoms with Crippen molar-refractivity contribution in [3.05, 3.63) is 41.1 Å². The summed E-state index contributed by atoms with van der Waals surface area (Å²) < 4.78 is 5.23. The second-order valence-electron chi connectivity index (χ2n) is 3.39. The van der Waals surface area contributed by atoms with Crippen molar-refractivity contribution in [1.82, 2.24) is 15.4 Å². The molecule has 0 radical (unpaired) electrons. The molecular weight excluding hydrogens is 236 g/mol. The molecule has 2 aromatic rings. The number of carbonyl (C=O) groups is 1. The highest BCUT2D eigenvalue weighted by Crippen LogP contribution is 2.13. The first-order valence-electron chi connectivity index (χ1n) is 4.97. The molecule has 0 bridgehead atoms. The van der Waals surface area contributed by atoms with Gasteiger partial charge in [-0.1, -0.05) is 22.4 Å². The smallest absolute Gasteiger partial charge is 0.359 e. The van der Waals surface area contributed by atoms with Crippen LogP contribution in [0.2, 0.25) is 0 Å². The van der Waals surface area contributed by atoms with Gasteiger partial charge in [0.25, 0.3) is 5.88 Å². The SMILES string of the molecule is N#Cc1ccc(COc2nn[nH]c2C(=O)O)cc1. The van der Waals surface area contributed by atoms with Crippen LogP contribution in [-0.4, -0.2) is 26.5 Å². The quantitative estimate of drug-likeness (QED) is 0.828. The van der Waals surface area contributed by atoms with Crippen molar-refractivity contribution in [2.45, 2.75) is 6.61 Å². The molecule has 90 valence electrons. The minimum absolute atomic E-state index is 0.0631. The van der Waals surface area contributed by atoms with E-state index in [4.69, 9.17) is 15.1 Å². The van der Waals surface area contributed by atoms with Crippen LogP contribution in [0, 0.1) is 11.3 Å². The number of hydrogen-bond acceptors (Lipinski definition) is 5. The number of H-pyrrole nitrogens is 1. The summed E-state index contributed by atoms with van der Waals surface area (Å²) in [7, 11) is 0. The normalized spacial score (nSPS) is 9.72. The van der Waals surface area contributed by atoms with Crippen LogP contribution < -0.4 is 4.74 Å². The van der Waals surface area contributed by atoms with Gasteiger partial charge in [-0.15, -0.1) is 0 Å². The highest BCUT2D eigenvalue weighted by molar-refractivity contribution is 5.87. The Bertz CT molecular complexity index is 597. The van der Waals surface area contributed by atoms with E-state index in [0.717, 1.165) is 5.56 Å². The Kier molecular flexibility index (Phi) is 3.20. The van der Waals surface area contributed by atoms with Gasteiger partial charge in [0.05, 0.1) is 11.6 Å². The summed E-state index contributed by atoms with van der Waals surface area (Å²) >= 11 is 0. The predicted molar refractivity (Wildman–Crippen MR) is 58.8 cm³/mol. The van der Waals surface area contributed by atoms with Gasteiger partial charge in [-0.2, -0.15) is 5.26 Å². The molecular formula is C11H8N4O3. The highest BCUT2D eigenvalue weighted by Gasteiger charge is 2.15. The third kappa shape index (κ3) is 2.44. The number of rotatable bonds is 4. The van der Waals surface area contributed by atoms with Crippen molar-refractivity contribution < 1.29 is 14.6 Å². The number of aromatic nitrogens is 3. The average molecular weight is 244 g/mol. The molecule has 2 rings (SSSR count). The number of aromatic amines is 1. The Morgan fingerprint density at radius 2 is 2.17 bits per heavy atom. The topological polar surface area (TPSA) is 112 Å². The van der Waals surface area contributed by atoms with E-state index in [9.17, 15) is 4.79 Å². The van der Waals surface area contributed by atoms with Gasteiger partial charge in [-0.3, -0.25) is 0 Å². The molecule has 1 aromatic carbocycles. The Morgan fingerprint density at radius 1 is 1.44 bits per heavy atom. The summed E-state index contributed by atoms with van der Waals surface area (Å²) in [6, 6.07) is 8.75. The minimum Gasteiger partial charge on any atom is -0.476 e. The second-order valence-corrected chi connectivity index (χ2v) is 3.39. The van der Waals surface area contributed by atoms with Gasteiger partial charge in [0, 0.05) is 0 Å². The fourth-order valence-electron chi connectivity index (χ4n) is 1.29. The molecule has 18 heavy (non-hydrogen) atoms. The van der Waals surface area contributed by atoms with Gasteiger partial charge in [-0.25, -0.2) is 9.89 Å². The second kappa shape index (κ2) is 4.97. The third-order valence-corrected chi connectivity index (χ3v) is 2.19. The van der Waals surface area contributed by atoms with Crippen LogP contribution in [0.3, 0.4) is 0 Å². The average Bonchev–Trinajstić information content (AvgIpc) is 2.85. The fraction of sp³-hybridized carbons (Fsp3) is 0.0909. The molecule has 0 aliphatic rings. The number of benzene rings is 1. The Hall–Kier alpha value is -2.88. The highest BCUT2D eigenvalue weighted by atomic mass is 16.5. The molecule has 0 spiro atoms. The van der Waals surface area contributed by atoms with Crippen LogP contribution in [0.25, 0.3) is 0 Å². The zero-order valence-corrected chi connectivity index (χ0v) is 9.12. The molecule has 7 heteroatoms. The maximum absolute atomic E-state index is 10.8. The maximum atomic E-state index is 10.8. The third-order valence-electron chi connectivity index (χ3n) is 2.19. The lowest BCUT2D eigenvalue weighted by Crippen LogP contribution is -2.03. The van der Waals surface area contributed by atoms with Crippen molar-refractivity contribution >= 4 is 5.97 Å². The summed E-state index contributed by atoms with van der Waals surface area (Å²) in [6.45, 7) is 0.151. The van der Waals surface area contributed by atoms with Crippen LogP contribution in [-0.2, 0) is 6.61 Å². The van der Waals surface area contributed by atoms with Crippen molar-refractivity contribution in [2.75, 3.05) is 0 Å². The largest absolute Gasteiger partial charge is 0.476 e. The number of nitrogens with one attached hydrogen (secondary N) is 1. The van der Waals surface area contributed by atoms with E-state index >= 15 is 0 Å². The molecule has 0 fully saturated rings. The first kappa shape index (κ1) is 11.6. The summed E-state index contributed by atoms with van der Waals surface area (Å²) in [4.78, 5) is 10.8. The van der Waals surface area contributed by atoms with Crippen LogP contribution in [0.5, 0.6) is 5.88 Å². The molecule has 0 aliphatic heterocycles. The molecule has 7 nitrogen and oxygen atoms in total. The van der Waals surface area contributed by atoms with Gasteiger partial charge < -0.3 is 9.84 Å². The van der Waals surface area contributed by atoms with E-state index in [2.05, 4.69) is 15.4 Å². The lowest BCUT2D eigenvalue weighted by atomic mass is 10.2. The predicted octanol–water partition coefficient (Wildman–Crippen LogP) is 0.954. The van der Waals surface area contributed by atoms with E-state index in [0.29, 0.717) is 5.56 Å². The molecule has 0 saturated heterocycles. The van der Waals surface area contributed by atoms with Gasteiger partial charge >= 0.3 is 5.97 Å². The van der Waals surface area contributed by atoms with Crippen LogP contribution >= 0.6 is 0 Å². The summed E-state index contributed by atoms with van der Waals surface area (Å²) in [5, 5.41) is 26.5. The zero-order chi connectivity index (χ0) is 13.0. The van der Waals surface area contributed by atoms with Crippen LogP contribution in [0.15, 0.2) is 24.3 Å². The Labute approximate surface area is 102 Å². The molecule has 0 amide bonds. The van der Waals surface area contributed by atoms with E-state index in [1.54, 1.807) is 24.3 Å². The first-order chi connectivity index (χ1) is 8.70. The molecule has 1 aromatic heterocycles. The van der Waals surface area contributed by atoms with Crippen molar-refractivity contribution in [3.63, 3.8) is 0 Å². The number of hydrogen-bond donors (Lipinski definition) is 2. The minimum atomic E-state index is -1.19. The molecule has 0 unspecified atom stereocenters. The maximum Gasteiger partial charge on any atom is 0.359 e. The first-order valence-corrected chi connectivity index (χ1v) is 4.97. The Balaban J connectivity index is 2.05. The Morgan fingerprint density at radius 3 is 2.78 bits per heavy atom. The van der Waals surface area contributed by atoms with E-state index in [1.165, 1.54) is 0 Å². The molecule has 0 atom stereocenters. The monoisotopic (exact) mass is 244 g/mol. The molecule has 0 aliphatic carbocycles. The van der Waals surface area contributed by atoms with Crippen molar-refractivity contribution in [2.24, 2.45) is 0 Å². The number of carboxylic acids is 1. The zero-order valence-electron chi connectivity index (χ0n) is 9.12. The standard InChI is InChI=1S/C11H8N4O3/c12-5-7-1-3-8(4-2-7)6-18-10-9(11(16)17)13-15-14-10/h1-4H,6H2,(H,16,17)(H,13,14,15). The fourth-order valence-corrected chi connectivity index (χ4v) is 1.29. The number of aromatic carboxylic acids is 1. The van der Waals surface area contributed by atoms with E-state index in [1.807, 2.05) is 6.07 Å². The van der Waals surface area contributed by atoms with Crippen LogP contribution in [0.4, 0.5) is 0 Å².